The van der Waals surface area contributed by atoms with Crippen LogP contribution in [0.15, 0.2) is 24.3 Å². The van der Waals surface area contributed by atoms with Crippen LogP contribution in [0.2, 0.25) is 0 Å². The summed E-state index contributed by atoms with van der Waals surface area (Å²) in [4.78, 5) is 14.2. The van der Waals surface area contributed by atoms with Crippen LogP contribution in [0.25, 0.3) is 0 Å². The van der Waals surface area contributed by atoms with E-state index in [2.05, 4.69) is 36.2 Å². The first kappa shape index (κ1) is 15.0. The Hall–Kier alpha value is -1.39. The van der Waals surface area contributed by atoms with Crippen molar-refractivity contribution in [1.82, 2.24) is 10.2 Å². The summed E-state index contributed by atoms with van der Waals surface area (Å²) in [7, 11) is 0. The lowest BCUT2D eigenvalue weighted by atomic mass is 10.1. The van der Waals surface area contributed by atoms with Crippen LogP contribution in [0.4, 0.5) is 0 Å². The molecule has 1 aromatic carbocycles. The minimum atomic E-state index is 0.0780. The predicted molar refractivity (Wildman–Crippen MR) is 79.5 cm³/mol. The van der Waals surface area contributed by atoms with E-state index >= 15 is 0 Å². The molecule has 1 saturated heterocycles. The molecular weight excluding hydrogens is 252 g/mol. The van der Waals surface area contributed by atoms with Gasteiger partial charge in [-0.25, -0.2) is 0 Å². The van der Waals surface area contributed by atoms with Crippen LogP contribution in [-0.2, 0) is 16.1 Å². The van der Waals surface area contributed by atoms with Gasteiger partial charge in [-0.3, -0.25) is 9.69 Å². The summed E-state index contributed by atoms with van der Waals surface area (Å²) < 4.78 is 5.57. The van der Waals surface area contributed by atoms with Gasteiger partial charge in [0.2, 0.25) is 5.91 Å². The second-order valence-electron chi connectivity index (χ2n) is 5.63. The predicted octanol–water partition coefficient (Wildman–Crippen LogP) is 1.72. The minimum absolute atomic E-state index is 0.0780. The molecule has 4 nitrogen and oxygen atoms in total. The highest BCUT2D eigenvalue weighted by molar-refractivity contribution is 5.78. The van der Waals surface area contributed by atoms with Crippen molar-refractivity contribution in [3.8, 4) is 0 Å². The van der Waals surface area contributed by atoms with Gasteiger partial charge in [0.1, 0.15) is 0 Å². The summed E-state index contributed by atoms with van der Waals surface area (Å²) in [5.74, 6) is 0.0780. The molecule has 0 saturated carbocycles. The van der Waals surface area contributed by atoms with Crippen molar-refractivity contribution in [3.05, 3.63) is 35.4 Å². The van der Waals surface area contributed by atoms with Gasteiger partial charge in [-0.05, 0) is 31.9 Å². The van der Waals surface area contributed by atoms with E-state index in [1.54, 1.807) is 0 Å². The topological polar surface area (TPSA) is 41.6 Å². The number of nitrogens with one attached hydrogen (secondary N) is 1. The molecule has 110 valence electrons. The van der Waals surface area contributed by atoms with Crippen molar-refractivity contribution in [2.24, 2.45) is 0 Å². The molecule has 1 N–H and O–H groups in total. The average molecular weight is 276 g/mol. The Labute approximate surface area is 121 Å². The first-order valence-corrected chi connectivity index (χ1v) is 7.23. The number of morpholine rings is 1. The first-order valence-electron chi connectivity index (χ1n) is 7.23. The quantitative estimate of drug-likeness (QED) is 0.910. The molecule has 1 aromatic rings. The number of nitrogens with zero attached hydrogens (tertiary/aromatic N) is 1. The van der Waals surface area contributed by atoms with Gasteiger partial charge in [-0.1, -0.05) is 24.3 Å². The number of ether oxygens (including phenoxy) is 1. The van der Waals surface area contributed by atoms with Gasteiger partial charge in [0, 0.05) is 19.1 Å². The van der Waals surface area contributed by atoms with E-state index in [0.29, 0.717) is 25.7 Å². The third-order valence-corrected chi connectivity index (χ3v) is 3.82. The molecule has 20 heavy (non-hydrogen) atoms. The van der Waals surface area contributed by atoms with Gasteiger partial charge in [0.25, 0.3) is 0 Å². The van der Waals surface area contributed by atoms with Gasteiger partial charge in [0.05, 0.1) is 19.3 Å². The van der Waals surface area contributed by atoms with Crippen molar-refractivity contribution < 1.29 is 9.53 Å². The summed E-state index contributed by atoms with van der Waals surface area (Å²) in [5, 5.41) is 3.00. The minimum Gasteiger partial charge on any atom is -0.376 e. The SMILES string of the molecule is Cc1ccccc1CNC(=O)CN1CC(C)OCC1C. The van der Waals surface area contributed by atoms with E-state index < -0.39 is 0 Å². The number of benzene rings is 1. The van der Waals surface area contributed by atoms with Crippen molar-refractivity contribution >= 4 is 5.91 Å². The molecule has 1 amide bonds. The highest BCUT2D eigenvalue weighted by Gasteiger charge is 2.24. The number of amides is 1. The van der Waals surface area contributed by atoms with Crippen LogP contribution >= 0.6 is 0 Å². The maximum absolute atomic E-state index is 12.1. The van der Waals surface area contributed by atoms with Crippen LogP contribution in [0.1, 0.15) is 25.0 Å². The van der Waals surface area contributed by atoms with Gasteiger partial charge >= 0.3 is 0 Å². The molecule has 0 bridgehead atoms. The standard InChI is InChI=1S/C16H24N2O2/c1-12-6-4-5-7-15(12)8-17-16(19)10-18-9-14(3)20-11-13(18)2/h4-7,13-14H,8-11H2,1-3H3,(H,17,19). The van der Waals surface area contributed by atoms with Crippen LogP contribution in [0.5, 0.6) is 0 Å². The smallest absolute Gasteiger partial charge is 0.234 e. The van der Waals surface area contributed by atoms with Crippen molar-refractivity contribution in [2.75, 3.05) is 19.7 Å². The molecule has 2 unspecified atom stereocenters. The van der Waals surface area contributed by atoms with Crippen molar-refractivity contribution in [2.45, 2.75) is 39.5 Å². The summed E-state index contributed by atoms with van der Waals surface area (Å²) in [6, 6.07) is 8.43. The molecule has 0 spiro atoms. The fourth-order valence-electron chi connectivity index (χ4n) is 2.43. The van der Waals surface area contributed by atoms with E-state index in [1.165, 1.54) is 11.1 Å². The van der Waals surface area contributed by atoms with E-state index in [4.69, 9.17) is 4.74 Å². The Kier molecular flexibility index (Phi) is 5.15. The van der Waals surface area contributed by atoms with E-state index in [9.17, 15) is 4.79 Å². The maximum Gasteiger partial charge on any atom is 0.234 e. The Balaban J connectivity index is 1.82. The Morgan fingerprint density at radius 3 is 2.90 bits per heavy atom. The number of aryl methyl sites for hydroxylation is 1. The van der Waals surface area contributed by atoms with Crippen molar-refractivity contribution in [1.29, 1.82) is 0 Å². The molecular formula is C16H24N2O2. The largest absolute Gasteiger partial charge is 0.376 e. The summed E-state index contributed by atoms with van der Waals surface area (Å²) in [6.45, 7) is 8.77. The normalized spacial score (nSPS) is 23.6. The third-order valence-electron chi connectivity index (χ3n) is 3.82. The first-order chi connectivity index (χ1) is 9.56. The zero-order valence-electron chi connectivity index (χ0n) is 12.6. The second-order valence-corrected chi connectivity index (χ2v) is 5.63. The Morgan fingerprint density at radius 2 is 2.15 bits per heavy atom. The maximum atomic E-state index is 12.1. The van der Waals surface area contributed by atoms with Gasteiger partial charge < -0.3 is 10.1 Å². The van der Waals surface area contributed by atoms with Gasteiger partial charge in [-0.15, -0.1) is 0 Å². The van der Waals surface area contributed by atoms with Crippen molar-refractivity contribution in [3.63, 3.8) is 0 Å². The lowest BCUT2D eigenvalue weighted by Gasteiger charge is -2.36. The van der Waals surface area contributed by atoms with E-state index in [-0.39, 0.29) is 12.0 Å². The third kappa shape index (κ3) is 4.05. The lowest BCUT2D eigenvalue weighted by molar-refractivity contribution is -0.126. The zero-order valence-corrected chi connectivity index (χ0v) is 12.6. The lowest BCUT2D eigenvalue weighted by Crippen LogP contribution is -2.50. The molecule has 0 radical (unpaired) electrons. The molecule has 1 fully saturated rings. The monoisotopic (exact) mass is 276 g/mol. The Bertz CT molecular complexity index is 462. The number of rotatable bonds is 4. The van der Waals surface area contributed by atoms with Gasteiger partial charge in [-0.2, -0.15) is 0 Å². The highest BCUT2D eigenvalue weighted by atomic mass is 16.5. The molecule has 4 heteroatoms. The molecule has 2 atom stereocenters. The summed E-state index contributed by atoms with van der Waals surface area (Å²) in [5.41, 5.74) is 2.38. The Morgan fingerprint density at radius 1 is 1.40 bits per heavy atom. The number of carbonyl (C=O) groups excluding carboxylic acids is 1. The second kappa shape index (κ2) is 6.86. The van der Waals surface area contributed by atoms with E-state index in [1.807, 2.05) is 19.1 Å². The zero-order chi connectivity index (χ0) is 14.5. The van der Waals surface area contributed by atoms with Gasteiger partial charge in [0.15, 0.2) is 0 Å². The molecule has 1 heterocycles. The molecule has 0 aliphatic carbocycles. The fourth-order valence-corrected chi connectivity index (χ4v) is 2.43. The highest BCUT2D eigenvalue weighted by Crippen LogP contribution is 2.11. The summed E-state index contributed by atoms with van der Waals surface area (Å²) >= 11 is 0. The number of carbonyl (C=O) groups is 1. The number of hydrogen-bond acceptors (Lipinski definition) is 3. The fraction of sp³-hybridized carbons (Fsp3) is 0.562. The van der Waals surface area contributed by atoms with Crippen LogP contribution in [-0.4, -0.2) is 42.6 Å². The van der Waals surface area contributed by atoms with Crippen LogP contribution < -0.4 is 5.32 Å². The van der Waals surface area contributed by atoms with Crippen LogP contribution in [0, 0.1) is 6.92 Å². The molecule has 1 aliphatic rings. The summed E-state index contributed by atoms with van der Waals surface area (Å²) in [6.07, 6.45) is 0.204. The van der Waals surface area contributed by atoms with Crippen LogP contribution in [0.3, 0.4) is 0 Å². The molecule has 0 aromatic heterocycles. The number of hydrogen-bond donors (Lipinski definition) is 1. The average Bonchev–Trinajstić information content (AvgIpc) is 2.42. The van der Waals surface area contributed by atoms with E-state index in [0.717, 1.165) is 6.54 Å². The molecule has 2 rings (SSSR count). The molecule has 1 aliphatic heterocycles.